The van der Waals surface area contributed by atoms with E-state index in [0.29, 0.717) is 23.5 Å². The van der Waals surface area contributed by atoms with Crippen LogP contribution in [-0.2, 0) is 13.0 Å². The lowest BCUT2D eigenvalue weighted by atomic mass is 10.0. The number of amides is 1. The molecule has 0 saturated carbocycles. The molecule has 6 heteroatoms. The smallest absolute Gasteiger partial charge is 0.257 e. The van der Waals surface area contributed by atoms with Gasteiger partial charge in [-0.3, -0.25) is 9.89 Å². The Bertz CT molecular complexity index is 1150. The lowest BCUT2D eigenvalue weighted by Crippen LogP contribution is -2.26. The van der Waals surface area contributed by atoms with E-state index in [1.165, 1.54) is 6.07 Å². The number of hydrogen-bond donors (Lipinski definition) is 2. The molecule has 1 heterocycles. The predicted octanol–water partition coefficient (Wildman–Crippen LogP) is 4.78. The summed E-state index contributed by atoms with van der Waals surface area (Å²) in [5, 5.41) is 19.2. The molecular weight excluding hydrogens is 386 g/mol. The summed E-state index contributed by atoms with van der Waals surface area (Å²) in [4.78, 5) is 14.6. The molecule has 0 spiro atoms. The normalized spacial score (nSPS) is 11.0. The van der Waals surface area contributed by atoms with Crippen LogP contribution in [0.2, 0.25) is 5.02 Å². The molecule has 146 valence electrons. The van der Waals surface area contributed by atoms with Crippen molar-refractivity contribution in [2.45, 2.75) is 13.0 Å². The van der Waals surface area contributed by atoms with Gasteiger partial charge in [0.25, 0.3) is 5.91 Å². The van der Waals surface area contributed by atoms with Crippen molar-refractivity contribution in [1.82, 2.24) is 15.1 Å². The standard InChI is InChI=1S/C23H20ClN3O2/c1-27(14-16-5-3-2-4-6-16)23(29)19-12-18-20(25-26-21(18)13-22(19)28)11-15-7-9-17(24)10-8-15/h2-10,12-13,28H,11,14H2,1H3,(H,25,26). The molecule has 29 heavy (non-hydrogen) atoms. The van der Waals surface area contributed by atoms with E-state index in [4.69, 9.17) is 11.6 Å². The van der Waals surface area contributed by atoms with E-state index in [9.17, 15) is 9.90 Å². The number of phenols is 1. The number of aromatic nitrogens is 2. The van der Waals surface area contributed by atoms with E-state index in [-0.39, 0.29) is 17.2 Å². The number of nitrogens with zero attached hydrogens (tertiary/aromatic N) is 2. The first-order chi connectivity index (χ1) is 14.0. The van der Waals surface area contributed by atoms with E-state index in [1.54, 1.807) is 18.0 Å². The van der Waals surface area contributed by atoms with Gasteiger partial charge in [-0.1, -0.05) is 54.1 Å². The molecule has 0 saturated heterocycles. The molecular formula is C23H20ClN3O2. The van der Waals surface area contributed by atoms with E-state index in [0.717, 1.165) is 22.2 Å². The maximum Gasteiger partial charge on any atom is 0.257 e. The molecule has 0 unspecified atom stereocenters. The monoisotopic (exact) mass is 405 g/mol. The Morgan fingerprint density at radius 1 is 1.07 bits per heavy atom. The number of benzene rings is 3. The minimum Gasteiger partial charge on any atom is -0.507 e. The van der Waals surface area contributed by atoms with Crippen LogP contribution in [0.5, 0.6) is 5.75 Å². The molecule has 3 aromatic carbocycles. The zero-order valence-electron chi connectivity index (χ0n) is 15.9. The second kappa shape index (κ2) is 7.97. The fraction of sp³-hybridized carbons (Fsp3) is 0.130. The summed E-state index contributed by atoms with van der Waals surface area (Å²) in [6.45, 7) is 0.459. The number of fused-ring (bicyclic) bond motifs is 1. The third kappa shape index (κ3) is 4.10. The van der Waals surface area contributed by atoms with E-state index in [1.807, 2.05) is 54.6 Å². The highest BCUT2D eigenvalue weighted by atomic mass is 35.5. The number of phenolic OH excluding ortho intramolecular Hbond substituents is 1. The van der Waals surface area contributed by atoms with Crippen LogP contribution >= 0.6 is 11.6 Å². The summed E-state index contributed by atoms with van der Waals surface area (Å²) < 4.78 is 0. The number of halogens is 1. The number of carbonyl (C=O) groups is 1. The molecule has 0 radical (unpaired) electrons. The van der Waals surface area contributed by atoms with Crippen LogP contribution in [-0.4, -0.2) is 33.2 Å². The van der Waals surface area contributed by atoms with Crippen LogP contribution in [0, 0.1) is 0 Å². The zero-order valence-corrected chi connectivity index (χ0v) is 16.6. The largest absolute Gasteiger partial charge is 0.507 e. The Hall–Kier alpha value is -3.31. The Kier molecular flexibility index (Phi) is 5.23. The third-order valence-corrected chi connectivity index (χ3v) is 5.14. The van der Waals surface area contributed by atoms with Gasteiger partial charge < -0.3 is 10.0 Å². The first kappa shape index (κ1) is 19.0. The van der Waals surface area contributed by atoms with Crippen molar-refractivity contribution in [2.75, 3.05) is 7.05 Å². The Balaban J connectivity index is 1.63. The van der Waals surface area contributed by atoms with E-state index in [2.05, 4.69) is 10.2 Å². The van der Waals surface area contributed by atoms with Gasteiger partial charge in [-0.05, 0) is 29.3 Å². The fourth-order valence-electron chi connectivity index (χ4n) is 3.35. The maximum absolute atomic E-state index is 13.0. The first-order valence-electron chi connectivity index (χ1n) is 9.25. The molecule has 0 fully saturated rings. The summed E-state index contributed by atoms with van der Waals surface area (Å²) in [6, 6.07) is 20.6. The van der Waals surface area contributed by atoms with Crippen LogP contribution in [0.1, 0.15) is 27.2 Å². The third-order valence-electron chi connectivity index (χ3n) is 4.88. The lowest BCUT2D eigenvalue weighted by Gasteiger charge is -2.18. The van der Waals surface area contributed by atoms with Gasteiger partial charge in [0.2, 0.25) is 0 Å². The van der Waals surface area contributed by atoms with Gasteiger partial charge in [0, 0.05) is 42.2 Å². The van der Waals surface area contributed by atoms with Crippen molar-refractivity contribution in [1.29, 1.82) is 0 Å². The van der Waals surface area contributed by atoms with Crippen LogP contribution in [0.15, 0.2) is 66.7 Å². The van der Waals surface area contributed by atoms with Gasteiger partial charge in [-0.15, -0.1) is 0 Å². The maximum atomic E-state index is 13.0. The Morgan fingerprint density at radius 2 is 1.79 bits per heavy atom. The Morgan fingerprint density at radius 3 is 2.52 bits per heavy atom. The number of hydrogen-bond acceptors (Lipinski definition) is 3. The van der Waals surface area contributed by atoms with Crippen molar-refractivity contribution in [3.05, 3.63) is 94.1 Å². The molecule has 0 aliphatic rings. The van der Waals surface area contributed by atoms with Gasteiger partial charge in [-0.25, -0.2) is 0 Å². The van der Waals surface area contributed by atoms with Gasteiger partial charge >= 0.3 is 0 Å². The summed E-state index contributed by atoms with van der Waals surface area (Å²) in [5.41, 5.74) is 3.85. The molecule has 1 aromatic heterocycles. The molecule has 4 rings (SSSR count). The van der Waals surface area contributed by atoms with Crippen LogP contribution < -0.4 is 0 Å². The van der Waals surface area contributed by atoms with Crippen LogP contribution in [0.4, 0.5) is 0 Å². The van der Waals surface area contributed by atoms with Crippen molar-refractivity contribution >= 4 is 28.4 Å². The summed E-state index contributed by atoms with van der Waals surface area (Å²) >= 11 is 5.96. The minimum atomic E-state index is -0.244. The van der Waals surface area contributed by atoms with Crippen molar-refractivity contribution in [2.24, 2.45) is 0 Å². The van der Waals surface area contributed by atoms with Crippen molar-refractivity contribution in [3.63, 3.8) is 0 Å². The molecule has 2 N–H and O–H groups in total. The van der Waals surface area contributed by atoms with Crippen LogP contribution in [0.25, 0.3) is 10.9 Å². The molecule has 0 aliphatic heterocycles. The molecule has 4 aromatic rings. The number of H-pyrrole nitrogens is 1. The van der Waals surface area contributed by atoms with Gasteiger partial charge in [0.05, 0.1) is 11.1 Å². The SMILES string of the molecule is CN(Cc1ccccc1)C(=O)c1cc2c(Cc3ccc(Cl)cc3)[nH]nc2cc1O. The van der Waals surface area contributed by atoms with E-state index >= 15 is 0 Å². The predicted molar refractivity (Wildman–Crippen MR) is 114 cm³/mol. The zero-order chi connectivity index (χ0) is 20.4. The van der Waals surface area contributed by atoms with Gasteiger partial charge in [0.1, 0.15) is 5.75 Å². The molecule has 0 atom stereocenters. The van der Waals surface area contributed by atoms with Gasteiger partial charge in [-0.2, -0.15) is 5.10 Å². The number of aromatic hydroxyl groups is 1. The number of carbonyl (C=O) groups excluding carboxylic acids is 1. The van der Waals surface area contributed by atoms with Gasteiger partial charge in [0.15, 0.2) is 0 Å². The topological polar surface area (TPSA) is 69.2 Å². The van der Waals surface area contributed by atoms with Crippen molar-refractivity contribution < 1.29 is 9.90 Å². The number of nitrogens with one attached hydrogen (secondary N) is 1. The first-order valence-corrected chi connectivity index (χ1v) is 9.63. The lowest BCUT2D eigenvalue weighted by molar-refractivity contribution is 0.0782. The fourth-order valence-corrected chi connectivity index (χ4v) is 3.47. The second-order valence-electron chi connectivity index (χ2n) is 7.04. The molecule has 1 amide bonds. The average Bonchev–Trinajstić information content (AvgIpc) is 3.10. The highest BCUT2D eigenvalue weighted by molar-refractivity contribution is 6.30. The summed E-state index contributed by atoms with van der Waals surface area (Å²) in [7, 11) is 1.73. The second-order valence-corrected chi connectivity index (χ2v) is 7.48. The quantitative estimate of drug-likeness (QED) is 0.501. The summed E-state index contributed by atoms with van der Waals surface area (Å²) in [6.07, 6.45) is 0.617. The van der Waals surface area contributed by atoms with Crippen molar-refractivity contribution in [3.8, 4) is 5.75 Å². The molecule has 5 nitrogen and oxygen atoms in total. The number of rotatable bonds is 5. The highest BCUT2D eigenvalue weighted by Crippen LogP contribution is 2.28. The number of aromatic amines is 1. The summed E-state index contributed by atoms with van der Waals surface area (Å²) in [5.74, 6) is -0.321. The van der Waals surface area contributed by atoms with E-state index < -0.39 is 0 Å². The van der Waals surface area contributed by atoms with Crippen LogP contribution in [0.3, 0.4) is 0 Å². The molecule has 0 bridgehead atoms. The highest BCUT2D eigenvalue weighted by Gasteiger charge is 2.19. The Labute approximate surface area is 173 Å². The molecule has 0 aliphatic carbocycles. The minimum absolute atomic E-state index is 0.0769. The average molecular weight is 406 g/mol.